The van der Waals surface area contributed by atoms with Crippen LogP contribution < -0.4 is 5.73 Å². The molecule has 0 spiro atoms. The number of methoxy groups -OCH3 is 1. The summed E-state index contributed by atoms with van der Waals surface area (Å²) in [7, 11) is 1.37. The average molecular weight is 298 g/mol. The normalized spacial score (nSPS) is 30.4. The number of hydrogen-bond acceptors (Lipinski definition) is 5. The number of hydrogen-bond donors (Lipinski definition) is 1. The van der Waals surface area contributed by atoms with Crippen LogP contribution in [0, 0.1) is 11.8 Å². The molecule has 2 unspecified atom stereocenters. The molecular formula is C15H26N2O4. The van der Waals surface area contributed by atoms with E-state index in [1.165, 1.54) is 7.11 Å². The Kier molecular flexibility index (Phi) is 5.58. The maximum atomic E-state index is 12.8. The molecule has 0 saturated carbocycles. The summed E-state index contributed by atoms with van der Waals surface area (Å²) in [5.74, 6) is -1.19. The van der Waals surface area contributed by atoms with Gasteiger partial charge in [0.1, 0.15) is 0 Å². The Labute approximate surface area is 125 Å². The molecule has 2 heterocycles. The van der Waals surface area contributed by atoms with E-state index in [2.05, 4.69) is 6.92 Å². The number of rotatable bonds is 7. The fourth-order valence-electron chi connectivity index (χ4n) is 3.47. The topological polar surface area (TPSA) is 81.9 Å². The van der Waals surface area contributed by atoms with Crippen LogP contribution in [0.3, 0.4) is 0 Å². The summed E-state index contributed by atoms with van der Waals surface area (Å²) in [6.45, 7) is 3.73. The number of amides is 1. The van der Waals surface area contributed by atoms with Crippen molar-refractivity contribution in [2.24, 2.45) is 17.6 Å². The van der Waals surface area contributed by atoms with Crippen LogP contribution in [0.2, 0.25) is 0 Å². The molecule has 21 heavy (non-hydrogen) atoms. The molecule has 1 amide bonds. The second kappa shape index (κ2) is 7.22. The van der Waals surface area contributed by atoms with Gasteiger partial charge in [-0.1, -0.05) is 13.3 Å². The van der Waals surface area contributed by atoms with Crippen LogP contribution in [0.1, 0.15) is 32.6 Å². The highest BCUT2D eigenvalue weighted by atomic mass is 16.5. The fourth-order valence-corrected chi connectivity index (χ4v) is 3.47. The Balaban J connectivity index is 2.12. The number of fused-ring (bicyclic) bond motifs is 2. The van der Waals surface area contributed by atoms with Crippen molar-refractivity contribution in [1.29, 1.82) is 0 Å². The van der Waals surface area contributed by atoms with Crippen LogP contribution in [0.15, 0.2) is 0 Å². The summed E-state index contributed by atoms with van der Waals surface area (Å²) >= 11 is 0. The lowest BCUT2D eigenvalue weighted by Crippen LogP contribution is -2.47. The summed E-state index contributed by atoms with van der Waals surface area (Å²) < 4.78 is 10.7. The van der Waals surface area contributed by atoms with Gasteiger partial charge in [0.2, 0.25) is 5.91 Å². The molecular weight excluding hydrogens is 272 g/mol. The molecule has 0 aromatic carbocycles. The Morgan fingerprint density at radius 1 is 1.24 bits per heavy atom. The predicted molar refractivity (Wildman–Crippen MR) is 77.4 cm³/mol. The number of unbranched alkanes of at least 4 members (excludes halogenated alkanes) is 1. The zero-order valence-corrected chi connectivity index (χ0v) is 12.9. The van der Waals surface area contributed by atoms with Gasteiger partial charge in [0.15, 0.2) is 0 Å². The van der Waals surface area contributed by atoms with Crippen LogP contribution in [0.25, 0.3) is 0 Å². The van der Waals surface area contributed by atoms with Crippen LogP contribution in [-0.2, 0) is 19.1 Å². The first kappa shape index (κ1) is 16.2. The van der Waals surface area contributed by atoms with Crippen molar-refractivity contribution in [3.8, 4) is 0 Å². The highest BCUT2D eigenvalue weighted by molar-refractivity contribution is 5.87. The van der Waals surface area contributed by atoms with E-state index in [1.54, 1.807) is 4.90 Å². The first-order chi connectivity index (χ1) is 10.1. The van der Waals surface area contributed by atoms with E-state index in [1.807, 2.05) is 0 Å². The number of nitrogens with two attached hydrogens (primary N) is 1. The van der Waals surface area contributed by atoms with Gasteiger partial charge in [0.05, 0.1) is 31.2 Å². The molecule has 6 nitrogen and oxygen atoms in total. The van der Waals surface area contributed by atoms with Crippen molar-refractivity contribution >= 4 is 11.9 Å². The highest BCUT2D eigenvalue weighted by Gasteiger charge is 2.56. The lowest BCUT2D eigenvalue weighted by molar-refractivity contribution is -0.153. The Morgan fingerprint density at radius 2 is 1.90 bits per heavy atom. The molecule has 0 aromatic rings. The van der Waals surface area contributed by atoms with E-state index in [0.29, 0.717) is 19.6 Å². The van der Waals surface area contributed by atoms with E-state index in [9.17, 15) is 9.59 Å². The minimum atomic E-state index is -0.455. The lowest BCUT2D eigenvalue weighted by Gasteiger charge is -2.31. The molecule has 2 bridgehead atoms. The van der Waals surface area contributed by atoms with Gasteiger partial charge >= 0.3 is 5.97 Å². The second-order valence-electron chi connectivity index (χ2n) is 5.83. The van der Waals surface area contributed by atoms with E-state index in [4.69, 9.17) is 15.2 Å². The fraction of sp³-hybridized carbons (Fsp3) is 0.867. The Bertz CT molecular complexity index is 388. The van der Waals surface area contributed by atoms with E-state index >= 15 is 0 Å². The molecule has 2 fully saturated rings. The number of carbonyl (C=O) groups is 2. The number of esters is 1. The van der Waals surface area contributed by atoms with Crippen LogP contribution >= 0.6 is 0 Å². The number of nitrogens with zero attached hydrogens (tertiary/aromatic N) is 1. The predicted octanol–water partition coefficient (Wildman–Crippen LogP) is 0.540. The van der Waals surface area contributed by atoms with Crippen molar-refractivity contribution in [3.63, 3.8) is 0 Å². The zero-order chi connectivity index (χ0) is 15.4. The maximum Gasteiger partial charge on any atom is 0.312 e. The Hall–Kier alpha value is -1.14. The third-order valence-electron chi connectivity index (χ3n) is 4.52. The van der Waals surface area contributed by atoms with Crippen LogP contribution in [0.5, 0.6) is 0 Å². The molecule has 120 valence electrons. The lowest BCUT2D eigenvalue weighted by atomic mass is 9.78. The molecule has 2 saturated heterocycles. The SMILES string of the molecule is CCCCN(CCN)C(=O)C1C(C(=O)OC)[C@H]2CC[C@@H]1O2. The van der Waals surface area contributed by atoms with Gasteiger partial charge in [0.25, 0.3) is 0 Å². The largest absolute Gasteiger partial charge is 0.469 e. The van der Waals surface area contributed by atoms with Crippen molar-refractivity contribution in [3.05, 3.63) is 0 Å². The highest BCUT2D eigenvalue weighted by Crippen LogP contribution is 2.44. The molecule has 2 N–H and O–H groups in total. The third kappa shape index (κ3) is 3.21. The van der Waals surface area contributed by atoms with Gasteiger partial charge in [-0.2, -0.15) is 0 Å². The molecule has 0 radical (unpaired) electrons. The van der Waals surface area contributed by atoms with Gasteiger partial charge in [0, 0.05) is 19.6 Å². The smallest absolute Gasteiger partial charge is 0.312 e. The van der Waals surface area contributed by atoms with Crippen molar-refractivity contribution in [1.82, 2.24) is 4.90 Å². The monoisotopic (exact) mass is 298 g/mol. The second-order valence-corrected chi connectivity index (χ2v) is 5.83. The van der Waals surface area contributed by atoms with Gasteiger partial charge in [-0.25, -0.2) is 0 Å². The van der Waals surface area contributed by atoms with Crippen molar-refractivity contribution in [2.45, 2.75) is 44.8 Å². The molecule has 2 aliphatic rings. The summed E-state index contributed by atoms with van der Waals surface area (Å²) in [5.41, 5.74) is 5.62. The first-order valence-corrected chi connectivity index (χ1v) is 7.86. The van der Waals surface area contributed by atoms with Gasteiger partial charge in [-0.3, -0.25) is 9.59 Å². The van der Waals surface area contributed by atoms with Gasteiger partial charge < -0.3 is 20.1 Å². The summed E-state index contributed by atoms with van der Waals surface area (Å²) in [6.07, 6.45) is 3.33. The maximum absolute atomic E-state index is 12.8. The number of carbonyl (C=O) groups excluding carboxylic acids is 2. The summed E-state index contributed by atoms with van der Waals surface area (Å²) in [5, 5.41) is 0. The molecule has 0 aromatic heterocycles. The molecule has 0 aliphatic carbocycles. The van der Waals surface area contributed by atoms with E-state index in [-0.39, 0.29) is 24.1 Å². The van der Waals surface area contributed by atoms with E-state index < -0.39 is 11.8 Å². The minimum Gasteiger partial charge on any atom is -0.469 e. The third-order valence-corrected chi connectivity index (χ3v) is 4.52. The molecule has 6 heteroatoms. The van der Waals surface area contributed by atoms with E-state index in [0.717, 1.165) is 25.7 Å². The summed E-state index contributed by atoms with van der Waals surface area (Å²) in [4.78, 5) is 26.6. The minimum absolute atomic E-state index is 0.00324. The Morgan fingerprint density at radius 3 is 2.48 bits per heavy atom. The molecule has 2 aliphatic heterocycles. The van der Waals surface area contributed by atoms with Crippen molar-refractivity contribution in [2.75, 3.05) is 26.7 Å². The zero-order valence-electron chi connectivity index (χ0n) is 12.9. The summed E-state index contributed by atoms with van der Waals surface area (Å²) in [6, 6.07) is 0. The first-order valence-electron chi connectivity index (χ1n) is 7.86. The quantitative estimate of drug-likeness (QED) is 0.694. The average Bonchev–Trinajstić information content (AvgIpc) is 3.10. The van der Waals surface area contributed by atoms with Crippen LogP contribution in [0.4, 0.5) is 0 Å². The molecule has 2 rings (SSSR count). The number of ether oxygens (including phenoxy) is 2. The molecule has 4 atom stereocenters. The van der Waals surface area contributed by atoms with Crippen LogP contribution in [-0.4, -0.2) is 55.7 Å². The van der Waals surface area contributed by atoms with Crippen molar-refractivity contribution < 1.29 is 19.1 Å². The van der Waals surface area contributed by atoms with Gasteiger partial charge in [-0.05, 0) is 19.3 Å². The van der Waals surface area contributed by atoms with Gasteiger partial charge in [-0.15, -0.1) is 0 Å². The standard InChI is InChI=1S/C15H26N2O4/c1-3-4-8-17(9-7-16)14(18)12-10-5-6-11(21-10)13(12)15(19)20-2/h10-13H,3-9,16H2,1-2H3/t10-,11+,12?,13?/m0/s1.